The van der Waals surface area contributed by atoms with Gasteiger partial charge in [-0.2, -0.15) is 0 Å². The molecular formula is C22H29N3O. The van der Waals surface area contributed by atoms with Crippen LogP contribution in [0.1, 0.15) is 43.7 Å². The smallest absolute Gasteiger partial charge is 0.223 e. The molecule has 1 saturated carbocycles. The highest BCUT2D eigenvalue weighted by molar-refractivity contribution is 5.78. The van der Waals surface area contributed by atoms with Crippen LogP contribution in [0.2, 0.25) is 0 Å². The monoisotopic (exact) mass is 351 g/mol. The fourth-order valence-corrected chi connectivity index (χ4v) is 3.83. The molecule has 0 radical (unpaired) electrons. The van der Waals surface area contributed by atoms with Gasteiger partial charge in [0.25, 0.3) is 0 Å². The summed E-state index contributed by atoms with van der Waals surface area (Å²) in [5.74, 6) is 0.365. The molecule has 1 fully saturated rings. The van der Waals surface area contributed by atoms with E-state index in [0.717, 1.165) is 37.7 Å². The molecule has 0 spiro atoms. The summed E-state index contributed by atoms with van der Waals surface area (Å²) >= 11 is 0. The van der Waals surface area contributed by atoms with Crippen molar-refractivity contribution < 1.29 is 4.79 Å². The maximum Gasteiger partial charge on any atom is 0.223 e. The van der Waals surface area contributed by atoms with Gasteiger partial charge in [-0.15, -0.1) is 0 Å². The molecule has 1 aromatic carbocycles. The first-order valence-corrected chi connectivity index (χ1v) is 9.68. The second kappa shape index (κ2) is 8.95. The molecule has 4 heteroatoms. The average Bonchev–Trinajstić information content (AvgIpc) is 2.72. The molecule has 2 N–H and O–H groups in total. The van der Waals surface area contributed by atoms with E-state index in [1.54, 1.807) is 0 Å². The number of benzene rings is 1. The highest BCUT2D eigenvalue weighted by Crippen LogP contribution is 2.25. The number of carbonyl (C=O) groups is 1. The van der Waals surface area contributed by atoms with Crippen LogP contribution in [0.25, 0.3) is 11.1 Å². The van der Waals surface area contributed by atoms with Crippen molar-refractivity contribution in [3.05, 3.63) is 53.9 Å². The van der Waals surface area contributed by atoms with Crippen LogP contribution in [0, 0.1) is 5.92 Å². The third-order valence-corrected chi connectivity index (χ3v) is 5.56. The second-order valence-corrected chi connectivity index (χ2v) is 7.13. The number of aryl methyl sites for hydroxylation is 1. The zero-order valence-electron chi connectivity index (χ0n) is 15.8. The van der Waals surface area contributed by atoms with Crippen molar-refractivity contribution in [3.63, 3.8) is 0 Å². The lowest BCUT2D eigenvalue weighted by molar-refractivity contribution is -0.126. The molecule has 0 saturated heterocycles. The van der Waals surface area contributed by atoms with Gasteiger partial charge in [0.1, 0.15) is 0 Å². The highest BCUT2D eigenvalue weighted by atomic mass is 16.1. The Kier molecular flexibility index (Phi) is 6.40. The van der Waals surface area contributed by atoms with Gasteiger partial charge < -0.3 is 10.6 Å². The summed E-state index contributed by atoms with van der Waals surface area (Å²) in [6, 6.07) is 11.1. The number of hydrogen-bond acceptors (Lipinski definition) is 3. The van der Waals surface area contributed by atoms with Gasteiger partial charge in [-0.1, -0.05) is 19.1 Å². The molecule has 138 valence electrons. The fourth-order valence-electron chi connectivity index (χ4n) is 3.83. The molecule has 0 bridgehead atoms. The summed E-state index contributed by atoms with van der Waals surface area (Å²) < 4.78 is 0. The second-order valence-electron chi connectivity index (χ2n) is 7.13. The maximum absolute atomic E-state index is 12.6. The van der Waals surface area contributed by atoms with E-state index in [1.165, 1.54) is 16.7 Å². The van der Waals surface area contributed by atoms with E-state index in [2.05, 4.69) is 40.7 Å². The van der Waals surface area contributed by atoms with Gasteiger partial charge >= 0.3 is 0 Å². The number of hydrogen-bond donors (Lipinski definition) is 2. The Morgan fingerprint density at radius 1 is 1.04 bits per heavy atom. The molecule has 4 nitrogen and oxygen atoms in total. The van der Waals surface area contributed by atoms with Gasteiger partial charge in [0.2, 0.25) is 5.91 Å². The first-order valence-electron chi connectivity index (χ1n) is 9.68. The van der Waals surface area contributed by atoms with Crippen LogP contribution in [-0.4, -0.2) is 24.0 Å². The largest absolute Gasteiger partial charge is 0.352 e. The molecule has 3 rings (SSSR count). The number of nitrogens with zero attached hydrogens (tertiary/aromatic N) is 1. The molecule has 0 unspecified atom stereocenters. The molecule has 2 aromatic rings. The maximum atomic E-state index is 12.6. The number of nitrogens with one attached hydrogen (secondary N) is 2. The Morgan fingerprint density at radius 3 is 2.42 bits per heavy atom. The number of pyridine rings is 1. The van der Waals surface area contributed by atoms with E-state index in [9.17, 15) is 4.79 Å². The fraction of sp³-hybridized carbons (Fsp3) is 0.455. The topological polar surface area (TPSA) is 54.0 Å². The van der Waals surface area contributed by atoms with Gasteiger partial charge in [0.15, 0.2) is 0 Å². The highest BCUT2D eigenvalue weighted by Gasteiger charge is 2.25. The average molecular weight is 351 g/mol. The molecular weight excluding hydrogens is 322 g/mol. The van der Waals surface area contributed by atoms with Crippen molar-refractivity contribution in [2.45, 2.75) is 51.6 Å². The summed E-state index contributed by atoms with van der Waals surface area (Å²) in [4.78, 5) is 16.7. The van der Waals surface area contributed by atoms with E-state index in [0.29, 0.717) is 12.6 Å². The van der Waals surface area contributed by atoms with Gasteiger partial charge in [-0.05, 0) is 79.6 Å². The van der Waals surface area contributed by atoms with Crippen LogP contribution >= 0.6 is 0 Å². The first kappa shape index (κ1) is 18.6. The van der Waals surface area contributed by atoms with Crippen LogP contribution in [-0.2, 0) is 17.8 Å². The van der Waals surface area contributed by atoms with Crippen molar-refractivity contribution in [2.24, 2.45) is 5.92 Å². The number of aromatic nitrogens is 1. The zero-order chi connectivity index (χ0) is 18.4. The lowest BCUT2D eigenvalue weighted by Crippen LogP contribution is -2.37. The summed E-state index contributed by atoms with van der Waals surface area (Å²) in [5, 5.41) is 6.51. The predicted molar refractivity (Wildman–Crippen MR) is 106 cm³/mol. The van der Waals surface area contributed by atoms with E-state index >= 15 is 0 Å². The van der Waals surface area contributed by atoms with Crippen LogP contribution in [0.15, 0.2) is 42.7 Å². The predicted octanol–water partition coefficient (Wildman–Crippen LogP) is 3.71. The first-order chi connectivity index (χ1) is 12.7. The van der Waals surface area contributed by atoms with Crippen LogP contribution in [0.5, 0.6) is 0 Å². The lowest BCUT2D eigenvalue weighted by Gasteiger charge is -2.27. The minimum atomic E-state index is 0.160. The van der Waals surface area contributed by atoms with Crippen molar-refractivity contribution in [1.82, 2.24) is 15.6 Å². The molecule has 1 amide bonds. The van der Waals surface area contributed by atoms with E-state index in [4.69, 9.17) is 0 Å². The normalized spacial score (nSPS) is 19.9. The zero-order valence-corrected chi connectivity index (χ0v) is 15.8. The summed E-state index contributed by atoms with van der Waals surface area (Å²) in [7, 11) is 2.01. The molecule has 0 aliphatic heterocycles. The quantitative estimate of drug-likeness (QED) is 0.834. The Hall–Kier alpha value is -2.20. The van der Waals surface area contributed by atoms with Crippen molar-refractivity contribution in [3.8, 4) is 11.1 Å². The Labute approximate surface area is 156 Å². The third-order valence-electron chi connectivity index (χ3n) is 5.56. The van der Waals surface area contributed by atoms with Crippen molar-refractivity contribution in [2.75, 3.05) is 7.05 Å². The molecule has 1 aliphatic carbocycles. The van der Waals surface area contributed by atoms with Gasteiger partial charge in [0, 0.05) is 30.9 Å². The van der Waals surface area contributed by atoms with Crippen molar-refractivity contribution >= 4 is 5.91 Å². The summed E-state index contributed by atoms with van der Waals surface area (Å²) in [5.41, 5.74) is 4.82. The minimum Gasteiger partial charge on any atom is -0.352 e. The Morgan fingerprint density at radius 2 is 1.77 bits per heavy atom. The molecule has 0 atom stereocenters. The van der Waals surface area contributed by atoms with Crippen LogP contribution < -0.4 is 10.6 Å². The summed E-state index contributed by atoms with van der Waals surface area (Å²) in [6.45, 7) is 2.76. The lowest BCUT2D eigenvalue weighted by atomic mass is 9.85. The van der Waals surface area contributed by atoms with Gasteiger partial charge in [-0.25, -0.2) is 0 Å². The van der Waals surface area contributed by atoms with Gasteiger partial charge in [0.05, 0.1) is 0 Å². The number of carbonyl (C=O) groups excluding carboxylic acids is 1. The molecule has 26 heavy (non-hydrogen) atoms. The van der Waals surface area contributed by atoms with Crippen LogP contribution in [0.3, 0.4) is 0 Å². The van der Waals surface area contributed by atoms with E-state index in [1.807, 2.05) is 31.6 Å². The minimum absolute atomic E-state index is 0.160. The third kappa shape index (κ3) is 4.50. The summed E-state index contributed by atoms with van der Waals surface area (Å²) in [6.07, 6.45) is 8.73. The number of amides is 1. The molecule has 1 aromatic heterocycles. The van der Waals surface area contributed by atoms with Crippen LogP contribution in [0.4, 0.5) is 0 Å². The van der Waals surface area contributed by atoms with Gasteiger partial charge in [-0.3, -0.25) is 9.78 Å². The Balaban J connectivity index is 1.66. The van der Waals surface area contributed by atoms with Crippen molar-refractivity contribution in [1.29, 1.82) is 0 Å². The Bertz CT molecular complexity index is 721. The number of rotatable bonds is 6. The standard InChI is InChI=1S/C22H29N3O/c1-3-16-4-5-19(17-10-12-24-13-11-17)14-20(16)15-25-22(26)18-6-8-21(23-2)9-7-18/h4-5,10-14,18,21,23H,3,6-9,15H2,1-2H3,(H,25,26). The molecule has 1 heterocycles. The van der Waals surface area contributed by atoms with E-state index in [-0.39, 0.29) is 11.8 Å². The molecule has 1 aliphatic rings. The van der Waals surface area contributed by atoms with E-state index < -0.39 is 0 Å². The SMILES string of the molecule is CCc1ccc(-c2ccncc2)cc1CNC(=O)C1CCC(NC)CC1.